The van der Waals surface area contributed by atoms with Gasteiger partial charge in [-0.1, -0.05) is 76.3 Å². The summed E-state index contributed by atoms with van der Waals surface area (Å²) >= 11 is 12.8. The molecule has 0 amide bonds. The number of fused-ring (bicyclic) bond motifs is 6. The van der Waals surface area contributed by atoms with E-state index in [2.05, 4.69) is 89.8 Å². The molecule has 0 fully saturated rings. The number of halogens is 4. The molecule has 0 saturated heterocycles. The Hall–Kier alpha value is 0.353. The van der Waals surface area contributed by atoms with Crippen molar-refractivity contribution < 1.29 is 51.0 Å². The maximum atomic E-state index is 3.71. The number of rotatable bonds is 2. The predicted molar refractivity (Wildman–Crippen MR) is 128 cm³/mol. The number of thiophene rings is 2. The summed E-state index contributed by atoms with van der Waals surface area (Å²) in [6, 6.07) is 13.5. The first-order valence-electron chi connectivity index (χ1n) is 8.35. The Morgan fingerprint density at radius 3 is 1.53 bits per heavy atom. The molecule has 2 aliphatic carbocycles. The second kappa shape index (κ2) is 9.69. The van der Waals surface area contributed by atoms with Crippen LogP contribution >= 0.6 is 66.3 Å². The molecule has 0 aromatic heterocycles. The van der Waals surface area contributed by atoms with Crippen molar-refractivity contribution in [2.75, 3.05) is 0 Å². The Morgan fingerprint density at radius 1 is 0.667 bits per heavy atom. The van der Waals surface area contributed by atoms with Gasteiger partial charge in [0.05, 0.1) is 0 Å². The SMILES string of the molecule is Brc1cc(Sc2cc(Br)cc3cc4cs[cH-]c-4c23)c2c3[cH-]scc-3cc2c1.[Cl-].[Cl-].[Zr+4]. The molecule has 148 valence electrons. The van der Waals surface area contributed by atoms with E-state index in [9.17, 15) is 0 Å². The summed E-state index contributed by atoms with van der Waals surface area (Å²) in [5.74, 6) is 0. The van der Waals surface area contributed by atoms with Crippen molar-refractivity contribution in [2.45, 2.75) is 9.79 Å². The van der Waals surface area contributed by atoms with Crippen molar-refractivity contribution in [1.82, 2.24) is 0 Å². The molecule has 4 aliphatic rings. The molecule has 0 unspecified atom stereocenters. The van der Waals surface area contributed by atoms with Crippen molar-refractivity contribution in [3.8, 4) is 22.3 Å². The van der Waals surface area contributed by atoms with Crippen LogP contribution in [0.2, 0.25) is 0 Å². The fraction of sp³-hybridized carbons (Fsp3) is 0. The van der Waals surface area contributed by atoms with Crippen LogP contribution in [0.15, 0.2) is 76.7 Å². The first kappa shape index (κ1) is 25.0. The largest absolute Gasteiger partial charge is 4.00 e. The van der Waals surface area contributed by atoms with Crippen LogP contribution in [-0.4, -0.2) is 0 Å². The molecule has 0 bridgehead atoms. The topological polar surface area (TPSA) is 0 Å². The first-order chi connectivity index (χ1) is 13.2. The third-order valence-corrected chi connectivity index (χ3v) is 8.48. The number of hydrogen-bond donors (Lipinski definition) is 0. The van der Waals surface area contributed by atoms with Gasteiger partial charge in [-0.25, -0.2) is 0 Å². The van der Waals surface area contributed by atoms with E-state index < -0.39 is 0 Å². The Balaban J connectivity index is 0.000000853. The minimum Gasteiger partial charge on any atom is -1.00 e. The summed E-state index contributed by atoms with van der Waals surface area (Å²) in [7, 11) is 0. The molecular formula is C22H10Br2Cl2S3Zr. The molecule has 2 aliphatic heterocycles. The van der Waals surface area contributed by atoms with Gasteiger partial charge < -0.3 is 24.8 Å². The average Bonchev–Trinajstić information content (AvgIpc) is 3.32. The van der Waals surface area contributed by atoms with Gasteiger partial charge in [0.2, 0.25) is 0 Å². The zero-order valence-electron chi connectivity index (χ0n) is 15.0. The summed E-state index contributed by atoms with van der Waals surface area (Å²) in [5.41, 5.74) is 5.39. The van der Waals surface area contributed by atoms with E-state index in [4.69, 9.17) is 0 Å². The van der Waals surface area contributed by atoms with Crippen LogP contribution in [0.4, 0.5) is 0 Å². The van der Waals surface area contributed by atoms with Gasteiger partial charge in [-0.3, -0.25) is 22.7 Å². The number of benzene rings is 2. The van der Waals surface area contributed by atoms with Crippen LogP contribution in [0.3, 0.4) is 0 Å². The molecule has 0 radical (unpaired) electrons. The Labute approximate surface area is 235 Å². The van der Waals surface area contributed by atoms with Gasteiger partial charge in [-0.15, -0.1) is 56.9 Å². The minimum absolute atomic E-state index is 0. The van der Waals surface area contributed by atoms with E-state index in [1.807, 2.05) is 11.8 Å². The summed E-state index contributed by atoms with van der Waals surface area (Å²) in [4.78, 5) is 2.61. The summed E-state index contributed by atoms with van der Waals surface area (Å²) in [6.45, 7) is 0. The van der Waals surface area contributed by atoms with E-state index >= 15 is 0 Å². The fourth-order valence-corrected chi connectivity index (χ4v) is 7.99. The molecule has 8 heteroatoms. The molecule has 0 nitrogen and oxygen atoms in total. The standard InChI is InChI=1S/C22H10Br2S3.2ClH.Zr/c23-15-3-11-1-13-7-25-9-17(13)21(11)19(5-15)27-20-6-16(24)4-12-2-14-8-26-10-18(14)22(12)20;;;/h1-10H;2*1H;/q-2;;;+4/p-2. The molecule has 2 aromatic rings. The second-order valence-electron chi connectivity index (χ2n) is 6.61. The van der Waals surface area contributed by atoms with Crippen molar-refractivity contribution >= 4 is 87.8 Å². The molecule has 0 N–H and O–H groups in total. The van der Waals surface area contributed by atoms with E-state index in [0.29, 0.717) is 0 Å². The van der Waals surface area contributed by atoms with Crippen molar-refractivity contribution in [1.29, 1.82) is 0 Å². The molecule has 6 rings (SSSR count). The van der Waals surface area contributed by atoms with E-state index in [1.165, 1.54) is 53.6 Å². The maximum absolute atomic E-state index is 3.71. The zero-order chi connectivity index (χ0) is 18.1. The second-order valence-corrected chi connectivity index (χ2v) is 11.0. The Morgan fingerprint density at radius 2 is 1.10 bits per heavy atom. The van der Waals surface area contributed by atoms with Crippen LogP contribution in [0.1, 0.15) is 0 Å². The van der Waals surface area contributed by atoms with E-state index in [1.54, 1.807) is 22.7 Å². The molecule has 30 heavy (non-hydrogen) atoms. The Kier molecular flexibility index (Phi) is 8.07. The van der Waals surface area contributed by atoms with Gasteiger partial charge in [0, 0.05) is 8.95 Å². The first-order valence-corrected chi connectivity index (χ1v) is 12.6. The molecule has 2 aromatic carbocycles. The quantitative estimate of drug-likeness (QED) is 0.251. The van der Waals surface area contributed by atoms with Gasteiger partial charge in [-0.2, -0.15) is 0 Å². The smallest absolute Gasteiger partial charge is 1.00 e. The van der Waals surface area contributed by atoms with Crippen LogP contribution < -0.4 is 24.8 Å². The van der Waals surface area contributed by atoms with Crippen LogP contribution in [0, 0.1) is 0 Å². The third-order valence-electron chi connectivity index (χ3n) is 4.96. The average molecular weight is 692 g/mol. The Bertz CT molecular complexity index is 1290. The number of hydrogen-bond acceptors (Lipinski definition) is 3. The normalized spacial score (nSPS) is 11.0. The summed E-state index contributed by atoms with van der Waals surface area (Å²) in [5, 5.41) is 14.3. The molecule has 0 atom stereocenters. The molecular weight excluding hydrogens is 682 g/mol. The monoisotopic (exact) mass is 688 g/mol. The van der Waals surface area contributed by atoms with Crippen LogP contribution in [-0.2, 0) is 26.2 Å². The fourth-order valence-electron chi connectivity index (χ4n) is 3.87. The maximum Gasteiger partial charge on any atom is 4.00 e. The van der Waals surface area contributed by atoms with Gasteiger partial charge in [-0.05, 0) is 21.9 Å². The third kappa shape index (κ3) is 4.05. The van der Waals surface area contributed by atoms with E-state index in [0.717, 1.165) is 8.95 Å². The predicted octanol–water partition coefficient (Wildman–Crippen LogP) is 3.45. The molecule has 2 heterocycles. The minimum atomic E-state index is 0. The zero-order valence-corrected chi connectivity index (χ0v) is 24.6. The van der Waals surface area contributed by atoms with Crippen molar-refractivity contribution in [3.05, 3.63) is 66.9 Å². The summed E-state index contributed by atoms with van der Waals surface area (Å²) in [6.07, 6.45) is 0. The summed E-state index contributed by atoms with van der Waals surface area (Å²) < 4.78 is 2.26. The van der Waals surface area contributed by atoms with Gasteiger partial charge in [0.1, 0.15) is 0 Å². The van der Waals surface area contributed by atoms with Gasteiger partial charge in [0.25, 0.3) is 0 Å². The van der Waals surface area contributed by atoms with Crippen LogP contribution in [0.5, 0.6) is 0 Å². The molecule has 0 saturated carbocycles. The van der Waals surface area contributed by atoms with Gasteiger partial charge in [0.15, 0.2) is 0 Å². The molecule has 0 spiro atoms. The van der Waals surface area contributed by atoms with Crippen LogP contribution in [0.25, 0.3) is 43.8 Å². The van der Waals surface area contributed by atoms with Crippen molar-refractivity contribution in [3.63, 3.8) is 0 Å². The van der Waals surface area contributed by atoms with E-state index in [-0.39, 0.29) is 51.0 Å². The van der Waals surface area contributed by atoms with Gasteiger partial charge >= 0.3 is 26.2 Å². The van der Waals surface area contributed by atoms with Crippen molar-refractivity contribution in [2.24, 2.45) is 0 Å².